The molecule has 0 radical (unpaired) electrons. The van der Waals surface area contributed by atoms with Gasteiger partial charge in [-0.25, -0.2) is 4.79 Å². The van der Waals surface area contributed by atoms with Gasteiger partial charge in [-0.15, -0.1) is 0 Å². The quantitative estimate of drug-likeness (QED) is 0.653. The Hall–Kier alpha value is -0.770. The maximum absolute atomic E-state index is 11.0. The lowest BCUT2D eigenvalue weighted by atomic mass is 10.2. The molecule has 0 bridgehead atoms. The van der Waals surface area contributed by atoms with Gasteiger partial charge < -0.3 is 15.2 Å². The third kappa shape index (κ3) is 7.59. The number of ether oxygens (including phenoxy) is 1. The molecular formula is C9H19NO3. The maximum atomic E-state index is 11.0. The number of alkyl carbamates (subject to hydrolysis) is 1. The van der Waals surface area contributed by atoms with E-state index in [2.05, 4.69) is 5.32 Å². The first-order valence-corrected chi connectivity index (χ1v) is 4.41. The molecule has 0 atom stereocenters. The van der Waals surface area contributed by atoms with Gasteiger partial charge in [-0.3, -0.25) is 0 Å². The Kier molecular flexibility index (Phi) is 4.77. The van der Waals surface area contributed by atoms with Crippen LogP contribution in [0.5, 0.6) is 0 Å². The largest absolute Gasteiger partial charge is 0.444 e. The van der Waals surface area contributed by atoms with Crippen LogP contribution in [0.2, 0.25) is 0 Å². The molecule has 0 aliphatic heterocycles. The molecule has 1 aliphatic rings. The minimum atomic E-state index is -0.376. The summed E-state index contributed by atoms with van der Waals surface area (Å²) in [5, 5.41) is 9.75. The summed E-state index contributed by atoms with van der Waals surface area (Å²) < 4.78 is 5.04. The van der Waals surface area contributed by atoms with Crippen molar-refractivity contribution in [3.05, 3.63) is 0 Å². The van der Waals surface area contributed by atoms with E-state index in [4.69, 9.17) is 9.84 Å². The molecule has 0 unspecified atom stereocenters. The van der Waals surface area contributed by atoms with Crippen molar-refractivity contribution in [1.29, 1.82) is 0 Å². The number of hydrogen-bond acceptors (Lipinski definition) is 3. The summed E-state index contributed by atoms with van der Waals surface area (Å²) in [6.07, 6.45) is 1.90. The highest BCUT2D eigenvalue weighted by atomic mass is 16.6. The molecule has 0 aromatic rings. The Morgan fingerprint density at radius 3 is 2.15 bits per heavy atom. The van der Waals surface area contributed by atoms with E-state index < -0.39 is 0 Å². The molecule has 0 aromatic heterocycles. The van der Waals surface area contributed by atoms with Crippen LogP contribution in [0, 0.1) is 0 Å². The third-order valence-electron chi connectivity index (χ3n) is 1.30. The number of amides is 1. The van der Waals surface area contributed by atoms with Gasteiger partial charge in [-0.05, 0) is 33.6 Å². The molecule has 4 heteroatoms. The Balaban J connectivity index is 0.000000671. The van der Waals surface area contributed by atoms with Crippen LogP contribution in [0.3, 0.4) is 0 Å². The van der Waals surface area contributed by atoms with Gasteiger partial charge in [0.1, 0.15) is 5.60 Å². The summed E-state index contributed by atoms with van der Waals surface area (Å²) in [6.45, 7) is 5.58. The Labute approximate surface area is 79.3 Å². The SMILES string of the molecule is CC(C)(C)OC(=O)NC1CC1.CO. The molecule has 0 heterocycles. The summed E-state index contributed by atoms with van der Waals surface area (Å²) in [5.74, 6) is 0. The Bertz CT molecular complexity index is 159. The van der Waals surface area contributed by atoms with Gasteiger partial charge in [0.25, 0.3) is 0 Å². The zero-order valence-electron chi connectivity index (χ0n) is 8.76. The molecule has 0 spiro atoms. The first-order chi connectivity index (χ1) is 5.97. The van der Waals surface area contributed by atoms with Crippen molar-refractivity contribution in [2.24, 2.45) is 0 Å². The number of nitrogens with one attached hydrogen (secondary N) is 1. The number of aliphatic hydroxyl groups excluding tert-OH is 1. The minimum Gasteiger partial charge on any atom is -0.444 e. The summed E-state index contributed by atoms with van der Waals surface area (Å²) in [6, 6.07) is 0.379. The second-order valence-electron chi connectivity index (χ2n) is 3.92. The maximum Gasteiger partial charge on any atom is 0.407 e. The van der Waals surface area contributed by atoms with Crippen LogP contribution in [0.4, 0.5) is 4.79 Å². The van der Waals surface area contributed by atoms with Crippen LogP contribution < -0.4 is 5.32 Å². The van der Waals surface area contributed by atoms with Gasteiger partial charge in [0.2, 0.25) is 0 Å². The molecule has 1 aliphatic carbocycles. The molecular weight excluding hydrogens is 170 g/mol. The lowest BCUT2D eigenvalue weighted by molar-refractivity contribution is 0.0524. The fourth-order valence-corrected chi connectivity index (χ4v) is 0.702. The zero-order chi connectivity index (χ0) is 10.5. The van der Waals surface area contributed by atoms with Crippen molar-refractivity contribution in [3.8, 4) is 0 Å². The number of hydrogen-bond donors (Lipinski definition) is 2. The Morgan fingerprint density at radius 1 is 1.38 bits per heavy atom. The molecule has 1 fully saturated rings. The summed E-state index contributed by atoms with van der Waals surface area (Å²) in [7, 11) is 1.00. The van der Waals surface area contributed by atoms with E-state index in [9.17, 15) is 4.79 Å². The standard InChI is InChI=1S/C8H15NO2.CH4O/c1-8(2,3)11-7(10)9-6-4-5-6;1-2/h6H,4-5H2,1-3H3,(H,9,10);2H,1H3. The molecule has 1 rings (SSSR count). The topological polar surface area (TPSA) is 58.6 Å². The van der Waals surface area contributed by atoms with Gasteiger partial charge in [-0.1, -0.05) is 0 Å². The van der Waals surface area contributed by atoms with Crippen molar-refractivity contribution >= 4 is 6.09 Å². The van der Waals surface area contributed by atoms with Gasteiger partial charge in [-0.2, -0.15) is 0 Å². The molecule has 1 saturated carbocycles. The van der Waals surface area contributed by atoms with Crippen molar-refractivity contribution < 1.29 is 14.6 Å². The minimum absolute atomic E-state index is 0.292. The lowest BCUT2D eigenvalue weighted by Crippen LogP contribution is -2.33. The van der Waals surface area contributed by atoms with Crippen molar-refractivity contribution in [3.63, 3.8) is 0 Å². The van der Waals surface area contributed by atoms with Crippen LogP contribution in [0.1, 0.15) is 33.6 Å². The predicted molar refractivity (Wildman–Crippen MR) is 50.5 cm³/mol. The van der Waals surface area contributed by atoms with E-state index in [1.54, 1.807) is 0 Å². The van der Waals surface area contributed by atoms with Crippen LogP contribution in [0.15, 0.2) is 0 Å². The van der Waals surface area contributed by atoms with E-state index in [-0.39, 0.29) is 11.7 Å². The summed E-state index contributed by atoms with van der Waals surface area (Å²) in [5.41, 5.74) is -0.376. The van der Waals surface area contributed by atoms with Crippen LogP contribution in [0.25, 0.3) is 0 Å². The number of aliphatic hydroxyl groups is 1. The monoisotopic (exact) mass is 189 g/mol. The van der Waals surface area contributed by atoms with E-state index in [0.717, 1.165) is 20.0 Å². The average molecular weight is 189 g/mol. The second-order valence-corrected chi connectivity index (χ2v) is 3.92. The first kappa shape index (κ1) is 12.2. The van der Waals surface area contributed by atoms with Crippen LogP contribution in [-0.4, -0.2) is 30.0 Å². The van der Waals surface area contributed by atoms with Crippen LogP contribution >= 0.6 is 0 Å². The molecule has 4 nitrogen and oxygen atoms in total. The number of carbonyl (C=O) groups excluding carboxylic acids is 1. The highest BCUT2D eigenvalue weighted by molar-refractivity contribution is 5.68. The fraction of sp³-hybridized carbons (Fsp3) is 0.889. The predicted octanol–water partition coefficient (Wildman–Crippen LogP) is 1.28. The van der Waals surface area contributed by atoms with E-state index in [0.29, 0.717) is 6.04 Å². The van der Waals surface area contributed by atoms with Crippen molar-refractivity contribution in [2.45, 2.75) is 45.3 Å². The summed E-state index contributed by atoms with van der Waals surface area (Å²) in [4.78, 5) is 11.0. The third-order valence-corrected chi connectivity index (χ3v) is 1.30. The zero-order valence-corrected chi connectivity index (χ0v) is 8.76. The van der Waals surface area contributed by atoms with Gasteiger partial charge in [0, 0.05) is 13.2 Å². The van der Waals surface area contributed by atoms with Crippen molar-refractivity contribution in [1.82, 2.24) is 5.32 Å². The van der Waals surface area contributed by atoms with Crippen LogP contribution in [-0.2, 0) is 4.74 Å². The highest BCUT2D eigenvalue weighted by Gasteiger charge is 2.25. The number of carbonyl (C=O) groups is 1. The number of rotatable bonds is 1. The fourth-order valence-electron chi connectivity index (χ4n) is 0.702. The van der Waals surface area contributed by atoms with E-state index in [1.807, 2.05) is 20.8 Å². The first-order valence-electron chi connectivity index (χ1n) is 4.41. The van der Waals surface area contributed by atoms with E-state index in [1.165, 1.54) is 0 Å². The smallest absolute Gasteiger partial charge is 0.407 e. The molecule has 1 amide bonds. The normalized spacial score (nSPS) is 15.5. The second kappa shape index (κ2) is 5.07. The molecule has 78 valence electrons. The average Bonchev–Trinajstić information content (AvgIpc) is 2.72. The Morgan fingerprint density at radius 2 is 1.85 bits per heavy atom. The molecule has 2 N–H and O–H groups in total. The summed E-state index contributed by atoms with van der Waals surface area (Å²) >= 11 is 0. The highest BCUT2D eigenvalue weighted by Crippen LogP contribution is 2.19. The molecule has 0 aromatic carbocycles. The van der Waals surface area contributed by atoms with Gasteiger partial charge >= 0.3 is 6.09 Å². The molecule has 13 heavy (non-hydrogen) atoms. The lowest BCUT2D eigenvalue weighted by Gasteiger charge is -2.19. The molecule has 0 saturated heterocycles. The van der Waals surface area contributed by atoms with Crippen molar-refractivity contribution in [2.75, 3.05) is 7.11 Å². The van der Waals surface area contributed by atoms with Gasteiger partial charge in [0.15, 0.2) is 0 Å². The van der Waals surface area contributed by atoms with Gasteiger partial charge in [0.05, 0.1) is 0 Å². The van der Waals surface area contributed by atoms with E-state index >= 15 is 0 Å².